The zero-order chi connectivity index (χ0) is 23.8. The van der Waals surface area contributed by atoms with Crippen LogP contribution in [-0.4, -0.2) is 53.0 Å². The predicted octanol–water partition coefficient (Wildman–Crippen LogP) is 2.83. The van der Waals surface area contributed by atoms with E-state index in [1.54, 1.807) is 6.92 Å². The molecule has 2 aromatic carbocycles. The van der Waals surface area contributed by atoms with Gasteiger partial charge in [-0.3, -0.25) is 19.5 Å². The topological polar surface area (TPSA) is 116 Å². The Bertz CT molecular complexity index is 970. The Kier molecular flexibility index (Phi) is 8.42. The van der Waals surface area contributed by atoms with E-state index in [0.717, 1.165) is 11.1 Å². The fraction of sp³-hybridized carbons (Fsp3) is 0.375. The van der Waals surface area contributed by atoms with Crippen LogP contribution < -0.4 is 10.4 Å². The largest absolute Gasteiger partial charge is 0.480 e. The van der Waals surface area contributed by atoms with E-state index >= 15 is 0 Å². The molecule has 1 saturated heterocycles. The van der Waals surface area contributed by atoms with Gasteiger partial charge in [0.1, 0.15) is 12.6 Å². The molecule has 0 saturated carbocycles. The summed E-state index contributed by atoms with van der Waals surface area (Å²) in [5, 5.41) is 14.3. The maximum atomic E-state index is 14.0. The highest BCUT2D eigenvalue weighted by Gasteiger charge is 2.37. The minimum atomic E-state index is -3.06. The lowest BCUT2D eigenvalue weighted by atomic mass is 10.2. The van der Waals surface area contributed by atoms with Gasteiger partial charge in [-0.25, -0.2) is 0 Å². The molecule has 9 heteroatoms. The van der Waals surface area contributed by atoms with Crippen LogP contribution in [0.3, 0.4) is 0 Å². The SMILES string of the molecule is C[C@H](NP(=O)(Cc1ccccc1)Cc1ccccc1)C(=O)N1CCC[C@H]1C(=O)NCC(=O)O. The first-order chi connectivity index (χ1) is 15.8. The number of amides is 2. The van der Waals surface area contributed by atoms with E-state index in [2.05, 4.69) is 10.4 Å². The highest BCUT2D eigenvalue weighted by atomic mass is 31.2. The van der Waals surface area contributed by atoms with Gasteiger partial charge in [-0.1, -0.05) is 60.7 Å². The van der Waals surface area contributed by atoms with Gasteiger partial charge in [0.05, 0.1) is 6.04 Å². The van der Waals surface area contributed by atoms with E-state index in [1.807, 2.05) is 60.7 Å². The van der Waals surface area contributed by atoms with E-state index in [4.69, 9.17) is 5.11 Å². The molecule has 2 atom stereocenters. The van der Waals surface area contributed by atoms with Crippen molar-refractivity contribution in [3.63, 3.8) is 0 Å². The third-order valence-corrected chi connectivity index (χ3v) is 8.22. The second kappa shape index (κ2) is 11.3. The van der Waals surface area contributed by atoms with Crippen molar-refractivity contribution in [2.45, 2.75) is 44.2 Å². The number of aliphatic carboxylic acids is 1. The molecule has 1 aliphatic rings. The Hall–Kier alpha value is -2.96. The Balaban J connectivity index is 1.74. The molecule has 1 aliphatic heterocycles. The summed E-state index contributed by atoms with van der Waals surface area (Å²) in [6.45, 7) is 1.57. The van der Waals surface area contributed by atoms with Gasteiger partial charge in [0.2, 0.25) is 11.8 Å². The predicted molar refractivity (Wildman–Crippen MR) is 126 cm³/mol. The van der Waals surface area contributed by atoms with E-state index in [9.17, 15) is 18.9 Å². The van der Waals surface area contributed by atoms with Crippen LogP contribution in [-0.2, 0) is 31.3 Å². The first-order valence-corrected chi connectivity index (χ1v) is 13.1. The van der Waals surface area contributed by atoms with Gasteiger partial charge < -0.3 is 19.9 Å². The van der Waals surface area contributed by atoms with Crippen molar-refractivity contribution in [2.75, 3.05) is 13.1 Å². The molecule has 1 heterocycles. The Morgan fingerprint density at radius 1 is 1.03 bits per heavy atom. The average Bonchev–Trinajstić information content (AvgIpc) is 3.28. The number of carboxylic acid groups (broad SMARTS) is 1. The number of nitrogens with one attached hydrogen (secondary N) is 2. The minimum absolute atomic E-state index is 0.295. The van der Waals surface area contributed by atoms with Gasteiger partial charge in [0.25, 0.3) is 0 Å². The second-order valence-electron chi connectivity index (χ2n) is 8.33. The van der Waals surface area contributed by atoms with Gasteiger partial charge in [0, 0.05) is 18.9 Å². The Morgan fingerprint density at radius 2 is 1.58 bits per heavy atom. The number of benzene rings is 2. The van der Waals surface area contributed by atoms with E-state index in [1.165, 1.54) is 4.90 Å². The number of nitrogens with zero attached hydrogens (tertiary/aromatic N) is 1. The normalized spacial score (nSPS) is 16.9. The Labute approximate surface area is 193 Å². The fourth-order valence-electron chi connectivity index (χ4n) is 4.14. The highest BCUT2D eigenvalue weighted by Crippen LogP contribution is 2.49. The monoisotopic (exact) mass is 471 g/mol. The quantitative estimate of drug-likeness (QED) is 0.459. The van der Waals surface area contributed by atoms with E-state index in [-0.39, 0.29) is 5.91 Å². The molecule has 3 N–H and O–H groups in total. The summed E-state index contributed by atoms with van der Waals surface area (Å²) in [5.74, 6) is -1.94. The van der Waals surface area contributed by atoms with Crippen molar-refractivity contribution in [3.05, 3.63) is 71.8 Å². The molecule has 3 rings (SSSR count). The van der Waals surface area contributed by atoms with Crippen molar-refractivity contribution in [2.24, 2.45) is 0 Å². The number of rotatable bonds is 10. The molecule has 0 radical (unpaired) electrons. The zero-order valence-electron chi connectivity index (χ0n) is 18.6. The Morgan fingerprint density at radius 3 is 2.09 bits per heavy atom. The van der Waals surface area contributed by atoms with Gasteiger partial charge in [-0.15, -0.1) is 0 Å². The maximum absolute atomic E-state index is 14.0. The molecule has 0 aromatic heterocycles. The number of hydrogen-bond donors (Lipinski definition) is 3. The van der Waals surface area contributed by atoms with Crippen molar-refractivity contribution >= 4 is 25.1 Å². The summed E-state index contributed by atoms with van der Waals surface area (Å²) < 4.78 is 14.0. The van der Waals surface area contributed by atoms with Crippen LogP contribution in [0.1, 0.15) is 30.9 Å². The number of carbonyl (C=O) groups excluding carboxylic acids is 2. The molecule has 33 heavy (non-hydrogen) atoms. The van der Waals surface area contributed by atoms with Gasteiger partial charge >= 0.3 is 5.97 Å². The van der Waals surface area contributed by atoms with Gasteiger partial charge in [-0.05, 0) is 30.9 Å². The van der Waals surface area contributed by atoms with Crippen molar-refractivity contribution in [1.29, 1.82) is 0 Å². The van der Waals surface area contributed by atoms with Crippen LogP contribution in [0, 0.1) is 0 Å². The molecule has 2 aromatic rings. The molecule has 0 bridgehead atoms. The molecule has 1 fully saturated rings. The summed E-state index contributed by atoms with van der Waals surface area (Å²) in [7, 11) is -3.06. The van der Waals surface area contributed by atoms with Crippen LogP contribution in [0.15, 0.2) is 60.7 Å². The number of carboxylic acids is 1. The molecule has 2 amide bonds. The minimum Gasteiger partial charge on any atom is -0.480 e. The molecule has 0 unspecified atom stereocenters. The molecule has 0 aliphatic carbocycles. The zero-order valence-corrected chi connectivity index (χ0v) is 19.5. The van der Waals surface area contributed by atoms with Crippen LogP contribution in [0.5, 0.6) is 0 Å². The van der Waals surface area contributed by atoms with Gasteiger partial charge in [-0.2, -0.15) is 0 Å². The molecular formula is C24H30N3O5P. The smallest absolute Gasteiger partial charge is 0.322 e. The number of likely N-dealkylation sites (tertiary alicyclic amines) is 1. The average molecular weight is 471 g/mol. The summed E-state index contributed by atoms with van der Waals surface area (Å²) in [4.78, 5) is 37.9. The summed E-state index contributed by atoms with van der Waals surface area (Å²) in [6, 6.07) is 17.5. The molecule has 176 valence electrons. The second-order valence-corrected chi connectivity index (χ2v) is 11.0. The van der Waals surface area contributed by atoms with Crippen molar-refractivity contribution in [1.82, 2.24) is 15.3 Å². The van der Waals surface area contributed by atoms with Crippen LogP contribution >= 0.6 is 7.29 Å². The van der Waals surface area contributed by atoms with Crippen LogP contribution in [0.25, 0.3) is 0 Å². The van der Waals surface area contributed by atoms with E-state index in [0.29, 0.717) is 31.7 Å². The van der Waals surface area contributed by atoms with E-state index < -0.39 is 37.8 Å². The van der Waals surface area contributed by atoms with Crippen LogP contribution in [0.2, 0.25) is 0 Å². The first kappa shape index (κ1) is 24.7. The molecular weight excluding hydrogens is 441 g/mol. The lowest BCUT2D eigenvalue weighted by Crippen LogP contribution is -2.51. The third kappa shape index (κ3) is 7.01. The highest BCUT2D eigenvalue weighted by molar-refractivity contribution is 7.60. The third-order valence-electron chi connectivity index (χ3n) is 5.61. The summed E-state index contributed by atoms with van der Waals surface area (Å²) in [5.41, 5.74) is 1.83. The van der Waals surface area contributed by atoms with Crippen molar-refractivity contribution < 1.29 is 24.1 Å². The fourth-order valence-corrected chi connectivity index (χ4v) is 6.86. The number of carbonyl (C=O) groups is 3. The molecule has 8 nitrogen and oxygen atoms in total. The van der Waals surface area contributed by atoms with Crippen LogP contribution in [0.4, 0.5) is 0 Å². The number of hydrogen-bond acceptors (Lipinski definition) is 4. The van der Waals surface area contributed by atoms with Gasteiger partial charge in [0.15, 0.2) is 7.29 Å². The lowest BCUT2D eigenvalue weighted by molar-refractivity contribution is -0.141. The summed E-state index contributed by atoms with van der Waals surface area (Å²) >= 11 is 0. The molecule has 0 spiro atoms. The standard InChI is InChI=1S/C24H30N3O5P/c1-18(24(31)27-14-8-13-21(27)23(30)25-15-22(28)29)26-33(32,16-19-9-4-2-5-10-19)17-20-11-6-3-7-12-20/h2-7,9-12,18,21H,8,13-17H2,1H3,(H,25,30)(H,26,32)(H,28,29)/t18-,21-/m0/s1. The summed E-state index contributed by atoms with van der Waals surface area (Å²) in [6.07, 6.45) is 1.71. The van der Waals surface area contributed by atoms with Crippen molar-refractivity contribution in [3.8, 4) is 0 Å². The first-order valence-electron chi connectivity index (χ1n) is 11.0. The maximum Gasteiger partial charge on any atom is 0.322 e. The lowest BCUT2D eigenvalue weighted by Gasteiger charge is -2.29.